The molecular formula is C15H24N2S. The number of rotatable bonds is 4. The van der Waals surface area contributed by atoms with Gasteiger partial charge in [0.05, 0.1) is 0 Å². The van der Waals surface area contributed by atoms with E-state index in [1.165, 1.54) is 23.4 Å². The molecule has 2 rings (SSSR count). The van der Waals surface area contributed by atoms with Crippen LogP contribution >= 0.6 is 11.8 Å². The van der Waals surface area contributed by atoms with Crippen LogP contribution in [-0.4, -0.2) is 31.4 Å². The average molecular weight is 264 g/mol. The van der Waals surface area contributed by atoms with Gasteiger partial charge in [0.25, 0.3) is 0 Å². The molecule has 1 aliphatic heterocycles. The minimum atomic E-state index is 0.630. The van der Waals surface area contributed by atoms with Crippen LogP contribution in [0.1, 0.15) is 26.7 Å². The van der Waals surface area contributed by atoms with Crippen molar-refractivity contribution in [3.8, 4) is 0 Å². The van der Waals surface area contributed by atoms with Crippen LogP contribution in [-0.2, 0) is 0 Å². The molecule has 1 N–H and O–H groups in total. The molecule has 0 aliphatic carbocycles. The predicted octanol–water partition coefficient (Wildman–Crippen LogP) is 3.38. The molecule has 1 aromatic rings. The molecule has 1 aliphatic rings. The highest BCUT2D eigenvalue weighted by Crippen LogP contribution is 2.26. The highest BCUT2D eigenvalue weighted by atomic mass is 32.2. The molecule has 1 saturated heterocycles. The summed E-state index contributed by atoms with van der Waals surface area (Å²) in [6, 6.07) is 10.2. The molecule has 1 fully saturated rings. The molecule has 1 aromatic carbocycles. The topological polar surface area (TPSA) is 15.3 Å². The molecule has 0 saturated carbocycles. The summed E-state index contributed by atoms with van der Waals surface area (Å²) in [5.74, 6) is 0. The largest absolute Gasteiger partial charge is 0.366 e. The summed E-state index contributed by atoms with van der Waals surface area (Å²) in [5.41, 5.74) is 1.38. The smallest absolute Gasteiger partial charge is 0.0412 e. The maximum Gasteiger partial charge on any atom is 0.0412 e. The van der Waals surface area contributed by atoms with Gasteiger partial charge >= 0.3 is 0 Å². The second-order valence-electron chi connectivity index (χ2n) is 4.93. The number of hydrogen-bond acceptors (Lipinski definition) is 3. The maximum absolute atomic E-state index is 3.65. The lowest BCUT2D eigenvalue weighted by molar-refractivity contribution is 0.379. The van der Waals surface area contributed by atoms with Gasteiger partial charge < -0.3 is 10.2 Å². The minimum Gasteiger partial charge on any atom is -0.366 e. The summed E-state index contributed by atoms with van der Waals surface area (Å²) in [5, 5.41) is 3.65. The lowest BCUT2D eigenvalue weighted by Gasteiger charge is -2.41. The van der Waals surface area contributed by atoms with Crippen molar-refractivity contribution in [2.75, 3.05) is 24.2 Å². The van der Waals surface area contributed by atoms with Gasteiger partial charge in [-0.2, -0.15) is 0 Å². The Labute approximate surface area is 115 Å². The lowest BCUT2D eigenvalue weighted by Crippen LogP contribution is -2.56. The number of piperazine rings is 1. The number of nitrogens with one attached hydrogen (secondary N) is 1. The molecule has 2 unspecified atom stereocenters. The van der Waals surface area contributed by atoms with E-state index in [1.807, 2.05) is 11.8 Å². The second kappa shape index (κ2) is 6.48. The molecule has 2 atom stereocenters. The maximum atomic E-state index is 3.65. The van der Waals surface area contributed by atoms with Crippen molar-refractivity contribution >= 4 is 17.4 Å². The predicted molar refractivity (Wildman–Crippen MR) is 81.7 cm³/mol. The van der Waals surface area contributed by atoms with Gasteiger partial charge in [-0.05, 0) is 37.3 Å². The summed E-state index contributed by atoms with van der Waals surface area (Å²) in [6.45, 7) is 6.79. The summed E-state index contributed by atoms with van der Waals surface area (Å²) < 4.78 is 0. The zero-order valence-corrected chi connectivity index (χ0v) is 12.5. The highest BCUT2D eigenvalue weighted by molar-refractivity contribution is 7.98. The third-order valence-corrected chi connectivity index (χ3v) is 4.57. The first-order valence-corrected chi connectivity index (χ1v) is 8.15. The van der Waals surface area contributed by atoms with Crippen molar-refractivity contribution in [1.82, 2.24) is 5.32 Å². The zero-order chi connectivity index (χ0) is 13.0. The van der Waals surface area contributed by atoms with E-state index < -0.39 is 0 Å². The van der Waals surface area contributed by atoms with Crippen LogP contribution < -0.4 is 10.2 Å². The zero-order valence-electron chi connectivity index (χ0n) is 11.6. The lowest BCUT2D eigenvalue weighted by atomic mass is 10.0. The van der Waals surface area contributed by atoms with Crippen molar-refractivity contribution in [2.45, 2.75) is 43.7 Å². The van der Waals surface area contributed by atoms with Crippen LogP contribution in [0.5, 0.6) is 0 Å². The molecule has 0 aromatic heterocycles. The Morgan fingerprint density at radius 2 is 2.17 bits per heavy atom. The minimum absolute atomic E-state index is 0.630. The van der Waals surface area contributed by atoms with Crippen LogP contribution in [0.2, 0.25) is 0 Å². The van der Waals surface area contributed by atoms with Gasteiger partial charge in [-0.3, -0.25) is 0 Å². The molecule has 3 heteroatoms. The van der Waals surface area contributed by atoms with E-state index in [1.54, 1.807) is 0 Å². The number of thioether (sulfide) groups is 1. The number of anilines is 1. The fourth-order valence-electron chi connectivity index (χ4n) is 2.61. The monoisotopic (exact) mass is 264 g/mol. The quantitative estimate of drug-likeness (QED) is 0.839. The van der Waals surface area contributed by atoms with Crippen molar-refractivity contribution in [2.24, 2.45) is 0 Å². The molecule has 18 heavy (non-hydrogen) atoms. The Morgan fingerprint density at radius 3 is 2.83 bits per heavy atom. The SMILES string of the molecule is CCC1CN(c2cccc(SC)c2)C(CC)CN1. The van der Waals surface area contributed by atoms with E-state index >= 15 is 0 Å². The Morgan fingerprint density at radius 1 is 1.33 bits per heavy atom. The van der Waals surface area contributed by atoms with Gasteiger partial charge in [-0.1, -0.05) is 19.9 Å². The van der Waals surface area contributed by atoms with Crippen LogP contribution in [0.3, 0.4) is 0 Å². The average Bonchev–Trinajstić information content (AvgIpc) is 2.46. The molecule has 2 nitrogen and oxygen atoms in total. The van der Waals surface area contributed by atoms with Crippen LogP contribution in [0.4, 0.5) is 5.69 Å². The van der Waals surface area contributed by atoms with E-state index in [4.69, 9.17) is 0 Å². The summed E-state index contributed by atoms with van der Waals surface area (Å²) >= 11 is 1.82. The fraction of sp³-hybridized carbons (Fsp3) is 0.600. The van der Waals surface area contributed by atoms with Gasteiger partial charge in [-0.15, -0.1) is 11.8 Å². The van der Waals surface area contributed by atoms with Gasteiger partial charge in [0.2, 0.25) is 0 Å². The molecule has 0 radical (unpaired) electrons. The van der Waals surface area contributed by atoms with E-state index in [9.17, 15) is 0 Å². The first-order valence-electron chi connectivity index (χ1n) is 6.92. The van der Waals surface area contributed by atoms with E-state index in [0.717, 1.165) is 13.1 Å². The van der Waals surface area contributed by atoms with Crippen molar-refractivity contribution in [1.29, 1.82) is 0 Å². The van der Waals surface area contributed by atoms with Crippen molar-refractivity contribution < 1.29 is 0 Å². The van der Waals surface area contributed by atoms with Gasteiger partial charge in [0, 0.05) is 35.8 Å². The third-order valence-electron chi connectivity index (χ3n) is 3.85. The van der Waals surface area contributed by atoms with E-state index in [-0.39, 0.29) is 0 Å². The second-order valence-corrected chi connectivity index (χ2v) is 5.81. The Bertz CT molecular complexity index is 381. The Kier molecular flexibility index (Phi) is 4.95. The fourth-order valence-corrected chi connectivity index (χ4v) is 3.06. The van der Waals surface area contributed by atoms with Crippen molar-refractivity contribution in [3.63, 3.8) is 0 Å². The van der Waals surface area contributed by atoms with Gasteiger partial charge in [0.1, 0.15) is 0 Å². The highest BCUT2D eigenvalue weighted by Gasteiger charge is 2.25. The molecule has 0 spiro atoms. The molecule has 0 amide bonds. The normalized spacial score (nSPS) is 24.3. The molecular weight excluding hydrogens is 240 g/mol. The van der Waals surface area contributed by atoms with Crippen LogP contribution in [0, 0.1) is 0 Å². The van der Waals surface area contributed by atoms with Crippen molar-refractivity contribution in [3.05, 3.63) is 24.3 Å². The Hall–Kier alpha value is -0.670. The molecule has 1 heterocycles. The standard InChI is InChI=1S/C15H24N2S/c1-4-12-11-17(13(5-2)10-16-12)14-7-6-8-15(9-14)18-3/h6-9,12-13,16H,4-5,10-11H2,1-3H3. The summed E-state index contributed by atoms with van der Waals surface area (Å²) in [7, 11) is 0. The molecule has 0 bridgehead atoms. The third kappa shape index (κ3) is 3.01. The van der Waals surface area contributed by atoms with Crippen LogP contribution in [0.25, 0.3) is 0 Å². The van der Waals surface area contributed by atoms with Gasteiger partial charge in [-0.25, -0.2) is 0 Å². The van der Waals surface area contributed by atoms with Crippen LogP contribution in [0.15, 0.2) is 29.2 Å². The first kappa shape index (κ1) is 13.8. The number of hydrogen-bond donors (Lipinski definition) is 1. The first-order chi connectivity index (χ1) is 8.78. The van der Waals surface area contributed by atoms with E-state index in [2.05, 4.69) is 54.6 Å². The summed E-state index contributed by atoms with van der Waals surface area (Å²) in [6.07, 6.45) is 4.55. The molecule has 100 valence electrons. The van der Waals surface area contributed by atoms with Gasteiger partial charge in [0.15, 0.2) is 0 Å². The summed E-state index contributed by atoms with van der Waals surface area (Å²) in [4.78, 5) is 3.94. The Balaban J connectivity index is 2.20. The van der Waals surface area contributed by atoms with E-state index in [0.29, 0.717) is 12.1 Å². The number of benzene rings is 1. The number of nitrogens with zero attached hydrogens (tertiary/aromatic N) is 1.